The summed E-state index contributed by atoms with van der Waals surface area (Å²) in [7, 11) is 0. The Bertz CT molecular complexity index is 2510. The molecule has 2 heterocycles. The molecule has 3 aromatic carbocycles. The number of benzene rings is 3. The number of aliphatic hydroxyl groups excluding tert-OH is 1. The Morgan fingerprint density at radius 1 is 0.943 bits per heavy atom. The summed E-state index contributed by atoms with van der Waals surface area (Å²) in [6.45, 7) is 8.27. The summed E-state index contributed by atoms with van der Waals surface area (Å²) in [6.07, 6.45) is -0.659. The molecule has 1 aromatic heterocycles. The predicted octanol–water partition coefficient (Wildman–Crippen LogP) is 6.44. The monoisotopic (exact) mass is 1110 g/mol. The Kier molecular flexibility index (Phi) is 18.9. The van der Waals surface area contributed by atoms with Gasteiger partial charge in [-0.3, -0.25) is 24.0 Å². The molecule has 6 N–H and O–H groups in total. The molecule has 2 aliphatic rings. The van der Waals surface area contributed by atoms with Gasteiger partial charge in [0.25, 0.3) is 5.91 Å². The molecule has 70 heavy (non-hydrogen) atoms. The van der Waals surface area contributed by atoms with Crippen LogP contribution in [0.25, 0.3) is 10.4 Å². The number of hydrogen-bond donors (Lipinski definition) is 6. The molecule has 4 atom stereocenters. The van der Waals surface area contributed by atoms with Crippen LogP contribution in [-0.4, -0.2) is 121 Å². The first-order valence-electron chi connectivity index (χ1n) is 22.9. The van der Waals surface area contributed by atoms with Gasteiger partial charge in [0.05, 0.1) is 59.2 Å². The van der Waals surface area contributed by atoms with Gasteiger partial charge < -0.3 is 46.1 Å². The topological polar surface area (TPSA) is 200 Å². The van der Waals surface area contributed by atoms with Gasteiger partial charge in [-0.15, -0.1) is 11.3 Å². The minimum absolute atomic E-state index is 0.0614. The first kappa shape index (κ1) is 54.3. The number of aryl methyl sites for hydroxylation is 1. The number of β-amino-alcohol motifs (C(OH)–C–C–N with tert-alkyl or cyclic N) is 1. The van der Waals surface area contributed by atoms with E-state index in [0.717, 1.165) is 28.3 Å². The maximum absolute atomic E-state index is 14.7. The second-order valence-corrected chi connectivity index (χ2v) is 20.5. The van der Waals surface area contributed by atoms with Crippen LogP contribution in [0.1, 0.15) is 80.5 Å². The van der Waals surface area contributed by atoms with Crippen LogP contribution in [0.2, 0.25) is 0 Å². The molecular weight excluding hydrogens is 1050 g/mol. The van der Waals surface area contributed by atoms with Gasteiger partial charge in [-0.2, -0.15) is 0 Å². The number of ketones is 1. The van der Waals surface area contributed by atoms with E-state index in [0.29, 0.717) is 35.3 Å². The summed E-state index contributed by atoms with van der Waals surface area (Å²) in [5.74, 6) is -6.34. The molecule has 1 saturated carbocycles. The number of amides is 4. The standard InChI is InChI=1S/C49H58F4IN7O8S/c1-28-43(70-27-57-28)30-8-6-29(7-9-30)37(59-45(65)38-23-32(62)25-61(38)46(66)44(48(2,3)4)60-47(67)49(53)14-15-49)24-40(64)56-18-21-68-20-17-55-16-5-19-69-26-39(63)33-11-12-34(50)41(52)42(33)58-36-13-10-31(54)22-35(36)51/h6-13,22,27,32,37-38,44,55,58,62H,5,14-21,23-26H2,1-4H3,(H,56,64)(H,59,65)(H,60,67)/t32-,37+,38+,44?/m1/s1. The van der Waals surface area contributed by atoms with E-state index < -0.39 is 88.6 Å². The highest BCUT2D eigenvalue weighted by Gasteiger charge is 2.53. The lowest BCUT2D eigenvalue weighted by Crippen LogP contribution is -2.59. The van der Waals surface area contributed by atoms with Crippen molar-refractivity contribution < 1.29 is 56.1 Å². The van der Waals surface area contributed by atoms with E-state index in [9.17, 15) is 46.6 Å². The maximum atomic E-state index is 14.7. The Labute approximate surface area is 421 Å². The second kappa shape index (κ2) is 24.4. The van der Waals surface area contributed by atoms with Gasteiger partial charge >= 0.3 is 0 Å². The molecule has 0 bridgehead atoms. The fourth-order valence-corrected chi connectivity index (χ4v) is 9.01. The van der Waals surface area contributed by atoms with Gasteiger partial charge in [0, 0.05) is 41.8 Å². The average Bonchev–Trinajstić information content (AvgIpc) is 3.72. The number of alkyl halides is 1. The molecule has 378 valence electrons. The number of Topliss-reactive ketones (excluding diaryl/α,β-unsaturated/α-hetero) is 1. The van der Waals surface area contributed by atoms with E-state index in [1.165, 1.54) is 28.4 Å². The van der Waals surface area contributed by atoms with Crippen LogP contribution in [0.5, 0.6) is 0 Å². The number of ether oxygens (including phenoxy) is 2. The van der Waals surface area contributed by atoms with Crippen LogP contribution in [-0.2, 0) is 28.7 Å². The van der Waals surface area contributed by atoms with Crippen molar-refractivity contribution in [1.29, 1.82) is 0 Å². The molecule has 1 saturated heterocycles. The second-order valence-electron chi connectivity index (χ2n) is 18.4. The van der Waals surface area contributed by atoms with Gasteiger partial charge in [0.1, 0.15) is 24.5 Å². The van der Waals surface area contributed by atoms with Crippen molar-refractivity contribution in [2.75, 3.05) is 57.9 Å². The van der Waals surface area contributed by atoms with Crippen molar-refractivity contribution in [1.82, 2.24) is 31.2 Å². The number of aromatic nitrogens is 1. The molecule has 21 heteroatoms. The van der Waals surface area contributed by atoms with E-state index in [2.05, 4.69) is 31.6 Å². The zero-order valence-corrected chi connectivity index (χ0v) is 42.2. The number of hydrogen-bond acceptors (Lipinski definition) is 12. The quantitative estimate of drug-likeness (QED) is 0.0195. The fraction of sp³-hybridized carbons (Fsp3) is 0.469. The lowest BCUT2D eigenvalue weighted by atomic mass is 9.85. The van der Waals surface area contributed by atoms with Crippen LogP contribution < -0.4 is 26.6 Å². The van der Waals surface area contributed by atoms with Crippen LogP contribution in [0, 0.1) is 33.4 Å². The molecule has 2 fully saturated rings. The summed E-state index contributed by atoms with van der Waals surface area (Å²) in [5, 5.41) is 24.7. The minimum Gasteiger partial charge on any atom is -0.391 e. The third kappa shape index (κ3) is 14.5. The Morgan fingerprint density at radius 3 is 2.34 bits per heavy atom. The fourth-order valence-electron chi connectivity index (χ4n) is 7.75. The molecule has 4 aromatic rings. The first-order valence-corrected chi connectivity index (χ1v) is 24.9. The van der Waals surface area contributed by atoms with Crippen molar-refractivity contribution in [2.24, 2.45) is 5.41 Å². The highest BCUT2D eigenvalue weighted by molar-refractivity contribution is 14.1. The zero-order valence-electron chi connectivity index (χ0n) is 39.3. The van der Waals surface area contributed by atoms with Crippen LogP contribution in [0.15, 0.2) is 60.1 Å². The summed E-state index contributed by atoms with van der Waals surface area (Å²) < 4.78 is 69.7. The highest BCUT2D eigenvalue weighted by Crippen LogP contribution is 2.41. The lowest BCUT2D eigenvalue weighted by molar-refractivity contribution is -0.145. The molecule has 0 spiro atoms. The Morgan fingerprint density at radius 2 is 1.67 bits per heavy atom. The zero-order chi connectivity index (χ0) is 50.8. The van der Waals surface area contributed by atoms with E-state index >= 15 is 0 Å². The molecule has 6 rings (SSSR count). The predicted molar refractivity (Wildman–Crippen MR) is 264 cm³/mol. The van der Waals surface area contributed by atoms with Crippen LogP contribution in [0.4, 0.5) is 28.9 Å². The summed E-state index contributed by atoms with van der Waals surface area (Å²) in [5.41, 5.74) is 0.444. The van der Waals surface area contributed by atoms with Gasteiger partial charge in [-0.25, -0.2) is 22.5 Å². The third-order valence-corrected chi connectivity index (χ3v) is 13.5. The maximum Gasteiger partial charge on any atom is 0.258 e. The van der Waals surface area contributed by atoms with Crippen molar-refractivity contribution in [3.05, 3.63) is 98.0 Å². The number of nitrogens with one attached hydrogen (secondary N) is 5. The number of rotatable bonds is 24. The smallest absolute Gasteiger partial charge is 0.258 e. The largest absolute Gasteiger partial charge is 0.391 e. The van der Waals surface area contributed by atoms with E-state index in [1.54, 1.807) is 44.5 Å². The van der Waals surface area contributed by atoms with E-state index in [-0.39, 0.29) is 69.1 Å². The SMILES string of the molecule is Cc1ncsc1-c1ccc([C@H](CC(=O)NCCOCCNCCCOCC(=O)c2ccc(F)c(F)c2Nc2ccc(I)cc2F)NC(=O)[C@@H]2C[C@@H](O)CN2C(=O)C(NC(=O)C2(F)CC2)C(C)(C)C)cc1. The highest BCUT2D eigenvalue weighted by atomic mass is 127. The van der Waals surface area contributed by atoms with Crippen molar-refractivity contribution in [3.8, 4) is 10.4 Å². The Hall–Kier alpha value is -5.07. The third-order valence-electron chi connectivity index (χ3n) is 11.8. The molecule has 1 unspecified atom stereocenters. The molecule has 4 amide bonds. The van der Waals surface area contributed by atoms with Gasteiger partial charge in [-0.1, -0.05) is 45.0 Å². The van der Waals surface area contributed by atoms with Crippen LogP contribution >= 0.6 is 33.9 Å². The van der Waals surface area contributed by atoms with E-state index in [4.69, 9.17) is 9.47 Å². The summed E-state index contributed by atoms with van der Waals surface area (Å²) >= 11 is 3.39. The number of carbonyl (C=O) groups excluding carboxylic acids is 5. The number of thiazole rings is 1. The number of anilines is 2. The molecule has 1 aliphatic heterocycles. The van der Waals surface area contributed by atoms with Crippen LogP contribution in [0.3, 0.4) is 0 Å². The van der Waals surface area contributed by atoms with Gasteiger partial charge in [-0.05, 0) is 102 Å². The normalized spacial score (nSPS) is 17.1. The van der Waals surface area contributed by atoms with Crippen molar-refractivity contribution in [2.45, 2.75) is 89.7 Å². The molecule has 15 nitrogen and oxygen atoms in total. The minimum atomic E-state index is -2.03. The van der Waals surface area contributed by atoms with E-state index in [1.807, 2.05) is 41.6 Å². The first-order chi connectivity index (χ1) is 33.2. The number of aliphatic hydroxyl groups is 1. The summed E-state index contributed by atoms with van der Waals surface area (Å²) in [4.78, 5) is 73.7. The Balaban J connectivity index is 0.946. The van der Waals surface area contributed by atoms with Gasteiger partial charge in [0.2, 0.25) is 17.7 Å². The number of likely N-dealkylation sites (tertiary alicyclic amines) is 1. The average molecular weight is 1110 g/mol. The van der Waals surface area contributed by atoms with Gasteiger partial charge in [0.15, 0.2) is 23.1 Å². The molecular formula is C49H58F4IN7O8S. The van der Waals surface area contributed by atoms with Crippen molar-refractivity contribution in [3.63, 3.8) is 0 Å². The summed E-state index contributed by atoms with van der Waals surface area (Å²) in [6, 6.07) is 10.3. The number of carbonyl (C=O) groups is 5. The number of halogens is 5. The molecule has 1 aliphatic carbocycles. The molecule has 0 radical (unpaired) electrons. The number of nitrogens with zero attached hydrogens (tertiary/aromatic N) is 2. The van der Waals surface area contributed by atoms with Crippen molar-refractivity contribution >= 4 is 74.7 Å². The lowest BCUT2D eigenvalue weighted by Gasteiger charge is -2.36.